The van der Waals surface area contributed by atoms with E-state index in [1.54, 1.807) is 7.05 Å². The summed E-state index contributed by atoms with van der Waals surface area (Å²) in [6.07, 6.45) is 2.75. The minimum absolute atomic E-state index is 0.0699. The van der Waals surface area contributed by atoms with Crippen molar-refractivity contribution < 1.29 is 19.5 Å². The predicted octanol–water partition coefficient (Wildman–Crippen LogP) is -0.297. The van der Waals surface area contributed by atoms with Gasteiger partial charge in [0.25, 0.3) is 11.8 Å². The molecule has 0 aliphatic heterocycles. The molecule has 10 nitrogen and oxygen atoms in total. The molecule has 0 radical (unpaired) electrons. The Balaban J connectivity index is 2.19. The average molecular weight is 320 g/mol. The second-order valence-electron chi connectivity index (χ2n) is 4.68. The molecule has 10 heteroatoms. The van der Waals surface area contributed by atoms with E-state index in [1.807, 2.05) is 0 Å². The number of anilines is 1. The summed E-state index contributed by atoms with van der Waals surface area (Å²) in [6.45, 7) is 0.0699. The lowest BCUT2D eigenvalue weighted by Crippen LogP contribution is -2.23. The van der Waals surface area contributed by atoms with Crippen molar-refractivity contribution >= 4 is 23.5 Å². The minimum Gasteiger partial charge on any atom is -0.481 e. The Morgan fingerprint density at radius 3 is 2.70 bits per heavy atom. The number of carboxylic acid groups (broad SMARTS) is 1. The number of nitrogens with one attached hydrogen (secondary N) is 2. The molecule has 0 saturated carbocycles. The molecule has 2 aromatic heterocycles. The van der Waals surface area contributed by atoms with Crippen molar-refractivity contribution in [2.75, 3.05) is 12.4 Å². The smallest absolute Gasteiger partial charge is 0.305 e. The Hall–Kier alpha value is -3.17. The standard InChI is InChI=1S/C13H16N6O4/c1-14-13(23)11-8(7-18(2)17-11)16-12(22)9-3-5-15-19(9)6-4-10(20)21/h3,5,7H,4,6H2,1-2H3,(H,14,23)(H,16,22)(H,20,21). The van der Waals surface area contributed by atoms with E-state index in [0.717, 1.165) is 0 Å². The zero-order chi connectivity index (χ0) is 17.0. The Labute approximate surface area is 131 Å². The zero-order valence-corrected chi connectivity index (χ0v) is 12.6. The molecular formula is C13H16N6O4. The molecule has 2 rings (SSSR count). The highest BCUT2D eigenvalue weighted by Crippen LogP contribution is 2.14. The highest BCUT2D eigenvalue weighted by atomic mass is 16.4. The minimum atomic E-state index is -0.985. The maximum atomic E-state index is 12.3. The molecule has 2 aromatic rings. The normalized spacial score (nSPS) is 10.3. The predicted molar refractivity (Wildman–Crippen MR) is 79.0 cm³/mol. The molecule has 0 aliphatic rings. The van der Waals surface area contributed by atoms with Gasteiger partial charge in [-0.3, -0.25) is 23.7 Å². The van der Waals surface area contributed by atoms with Gasteiger partial charge in [0, 0.05) is 26.5 Å². The van der Waals surface area contributed by atoms with Crippen LogP contribution in [0.3, 0.4) is 0 Å². The highest BCUT2D eigenvalue weighted by molar-refractivity contribution is 6.07. The largest absolute Gasteiger partial charge is 0.481 e. The lowest BCUT2D eigenvalue weighted by molar-refractivity contribution is -0.137. The van der Waals surface area contributed by atoms with Gasteiger partial charge in [0.1, 0.15) is 5.69 Å². The van der Waals surface area contributed by atoms with Crippen molar-refractivity contribution in [1.82, 2.24) is 24.9 Å². The van der Waals surface area contributed by atoms with Crippen LogP contribution in [-0.4, -0.2) is 49.5 Å². The molecule has 0 spiro atoms. The number of carboxylic acids is 1. The molecule has 0 aliphatic carbocycles. The van der Waals surface area contributed by atoms with E-state index in [0.29, 0.717) is 0 Å². The number of carbonyl (C=O) groups excluding carboxylic acids is 2. The second kappa shape index (κ2) is 6.73. The van der Waals surface area contributed by atoms with E-state index in [4.69, 9.17) is 5.11 Å². The number of carbonyl (C=O) groups is 3. The fourth-order valence-corrected chi connectivity index (χ4v) is 1.96. The number of hydrogen-bond acceptors (Lipinski definition) is 5. The SMILES string of the molecule is CNC(=O)c1nn(C)cc1NC(=O)c1ccnn1CCC(=O)O. The van der Waals surface area contributed by atoms with Crippen molar-refractivity contribution in [3.8, 4) is 0 Å². The quantitative estimate of drug-likeness (QED) is 0.670. The summed E-state index contributed by atoms with van der Waals surface area (Å²) in [5, 5.41) is 21.6. The fourth-order valence-electron chi connectivity index (χ4n) is 1.96. The lowest BCUT2D eigenvalue weighted by atomic mass is 10.3. The monoisotopic (exact) mass is 320 g/mol. The van der Waals surface area contributed by atoms with Crippen LogP contribution in [0, 0.1) is 0 Å². The molecule has 0 aromatic carbocycles. The van der Waals surface area contributed by atoms with E-state index >= 15 is 0 Å². The number of aliphatic carboxylic acids is 1. The van der Waals surface area contributed by atoms with Gasteiger partial charge in [-0.1, -0.05) is 0 Å². The van der Waals surface area contributed by atoms with Crippen molar-refractivity contribution in [2.45, 2.75) is 13.0 Å². The second-order valence-corrected chi connectivity index (χ2v) is 4.68. The Bertz CT molecular complexity index is 747. The lowest BCUT2D eigenvalue weighted by Gasteiger charge is -2.07. The van der Waals surface area contributed by atoms with Gasteiger partial charge in [0.05, 0.1) is 18.7 Å². The van der Waals surface area contributed by atoms with E-state index < -0.39 is 17.8 Å². The van der Waals surface area contributed by atoms with Crippen LogP contribution in [0.5, 0.6) is 0 Å². The highest BCUT2D eigenvalue weighted by Gasteiger charge is 2.19. The van der Waals surface area contributed by atoms with E-state index in [-0.39, 0.29) is 30.0 Å². The van der Waals surface area contributed by atoms with Crippen LogP contribution >= 0.6 is 0 Å². The molecule has 2 heterocycles. The van der Waals surface area contributed by atoms with Crippen molar-refractivity contribution in [2.24, 2.45) is 7.05 Å². The molecule has 3 N–H and O–H groups in total. The van der Waals surface area contributed by atoms with Gasteiger partial charge in [-0.15, -0.1) is 0 Å². The first-order valence-corrected chi connectivity index (χ1v) is 6.73. The van der Waals surface area contributed by atoms with Crippen molar-refractivity contribution in [1.29, 1.82) is 0 Å². The Morgan fingerprint density at radius 2 is 2.04 bits per heavy atom. The third-order valence-electron chi connectivity index (χ3n) is 3.01. The van der Waals surface area contributed by atoms with Gasteiger partial charge in [-0.25, -0.2) is 0 Å². The average Bonchev–Trinajstić information content (AvgIpc) is 3.10. The molecule has 0 saturated heterocycles. The van der Waals surface area contributed by atoms with Crippen LogP contribution in [0.15, 0.2) is 18.5 Å². The number of aromatic nitrogens is 4. The molecular weight excluding hydrogens is 304 g/mol. The molecule has 122 valence electrons. The Morgan fingerprint density at radius 1 is 1.30 bits per heavy atom. The molecule has 2 amide bonds. The van der Waals surface area contributed by atoms with Gasteiger partial charge in [-0.2, -0.15) is 10.2 Å². The topological polar surface area (TPSA) is 131 Å². The first-order chi connectivity index (χ1) is 10.9. The van der Waals surface area contributed by atoms with Crippen LogP contribution in [0.4, 0.5) is 5.69 Å². The van der Waals surface area contributed by atoms with Gasteiger partial charge in [0.15, 0.2) is 5.69 Å². The van der Waals surface area contributed by atoms with Gasteiger partial charge < -0.3 is 15.7 Å². The van der Waals surface area contributed by atoms with Crippen LogP contribution in [-0.2, 0) is 18.4 Å². The maximum Gasteiger partial charge on any atom is 0.305 e. The van der Waals surface area contributed by atoms with E-state index in [9.17, 15) is 14.4 Å². The van der Waals surface area contributed by atoms with Gasteiger partial charge >= 0.3 is 5.97 Å². The number of aryl methyl sites for hydroxylation is 2. The van der Waals surface area contributed by atoms with Crippen molar-refractivity contribution in [3.05, 3.63) is 29.8 Å². The number of rotatable bonds is 6. The summed E-state index contributed by atoms with van der Waals surface area (Å²) in [6, 6.07) is 1.47. The molecule has 0 bridgehead atoms. The fraction of sp³-hybridized carbons (Fsp3) is 0.308. The summed E-state index contributed by atoms with van der Waals surface area (Å²) in [7, 11) is 3.09. The van der Waals surface area contributed by atoms with E-state index in [1.165, 1.54) is 34.9 Å². The molecule has 0 atom stereocenters. The first-order valence-electron chi connectivity index (χ1n) is 6.73. The third-order valence-corrected chi connectivity index (χ3v) is 3.01. The zero-order valence-electron chi connectivity index (χ0n) is 12.6. The number of hydrogen-bond donors (Lipinski definition) is 3. The van der Waals surface area contributed by atoms with Crippen LogP contribution in [0.1, 0.15) is 27.4 Å². The summed E-state index contributed by atoms with van der Waals surface area (Å²) in [4.78, 5) is 34.7. The molecule has 23 heavy (non-hydrogen) atoms. The number of nitrogens with zero attached hydrogens (tertiary/aromatic N) is 4. The van der Waals surface area contributed by atoms with Gasteiger partial charge in [-0.05, 0) is 6.07 Å². The molecule has 0 unspecified atom stereocenters. The van der Waals surface area contributed by atoms with Gasteiger partial charge in [0.2, 0.25) is 0 Å². The third kappa shape index (κ3) is 3.73. The summed E-state index contributed by atoms with van der Waals surface area (Å²) < 4.78 is 2.70. The van der Waals surface area contributed by atoms with E-state index in [2.05, 4.69) is 20.8 Å². The summed E-state index contributed by atoms with van der Waals surface area (Å²) >= 11 is 0. The molecule has 0 fully saturated rings. The van der Waals surface area contributed by atoms with Crippen molar-refractivity contribution in [3.63, 3.8) is 0 Å². The van der Waals surface area contributed by atoms with Crippen LogP contribution < -0.4 is 10.6 Å². The number of amides is 2. The maximum absolute atomic E-state index is 12.3. The summed E-state index contributed by atoms with van der Waals surface area (Å²) in [5.74, 6) is -1.92. The van der Waals surface area contributed by atoms with Crippen LogP contribution in [0.2, 0.25) is 0 Å². The Kier molecular flexibility index (Phi) is 4.74. The summed E-state index contributed by atoms with van der Waals surface area (Å²) in [5.41, 5.74) is 0.528. The van der Waals surface area contributed by atoms with Crippen LogP contribution in [0.25, 0.3) is 0 Å². The first kappa shape index (κ1) is 16.2.